The van der Waals surface area contributed by atoms with Crippen LogP contribution in [0.2, 0.25) is 0 Å². The third-order valence-corrected chi connectivity index (χ3v) is 3.65. The van der Waals surface area contributed by atoms with Gasteiger partial charge in [-0.3, -0.25) is 5.32 Å². The lowest BCUT2D eigenvalue weighted by atomic mass is 10.2. The number of benzene rings is 1. The number of hydrogen-bond acceptors (Lipinski definition) is 4. The summed E-state index contributed by atoms with van der Waals surface area (Å²) in [5.74, 6) is 1.11. The lowest BCUT2D eigenvalue weighted by molar-refractivity contribution is 0.229. The Bertz CT molecular complexity index is 838. The number of furan rings is 1. The number of aliphatic hydroxyl groups excluding tert-OH is 1. The lowest BCUT2D eigenvalue weighted by Gasteiger charge is -2.13. The van der Waals surface area contributed by atoms with Gasteiger partial charge < -0.3 is 14.8 Å². The zero-order chi connectivity index (χ0) is 17.8. The van der Waals surface area contributed by atoms with Crippen LogP contribution >= 0.6 is 0 Å². The number of urea groups is 1. The highest BCUT2D eigenvalue weighted by molar-refractivity contribution is 5.89. The first-order chi connectivity index (χ1) is 12.1. The Labute approximate surface area is 145 Å². The van der Waals surface area contributed by atoms with E-state index in [-0.39, 0.29) is 12.6 Å². The van der Waals surface area contributed by atoms with Gasteiger partial charge >= 0.3 is 6.03 Å². The molecule has 0 radical (unpaired) electrons. The third-order valence-electron chi connectivity index (χ3n) is 3.65. The van der Waals surface area contributed by atoms with Gasteiger partial charge in [0.15, 0.2) is 5.76 Å². The second-order valence-corrected chi connectivity index (χ2v) is 5.82. The van der Waals surface area contributed by atoms with Crippen molar-refractivity contribution in [2.45, 2.75) is 19.9 Å². The predicted octanol–water partition coefficient (Wildman–Crippen LogP) is 2.94. The fourth-order valence-electron chi connectivity index (χ4n) is 2.32. The number of rotatable bonds is 5. The summed E-state index contributed by atoms with van der Waals surface area (Å²) >= 11 is 0. The molecule has 130 valence electrons. The largest absolute Gasteiger partial charge is 0.463 e. The summed E-state index contributed by atoms with van der Waals surface area (Å²) in [4.78, 5) is 12.1. The second-order valence-electron chi connectivity index (χ2n) is 5.82. The van der Waals surface area contributed by atoms with Crippen molar-refractivity contribution in [2.75, 3.05) is 11.9 Å². The average molecular weight is 340 g/mol. The van der Waals surface area contributed by atoms with E-state index < -0.39 is 6.03 Å². The van der Waals surface area contributed by atoms with E-state index in [0.29, 0.717) is 17.3 Å². The summed E-state index contributed by atoms with van der Waals surface area (Å²) in [6.07, 6.45) is 1.57. The SMILES string of the molecule is Cc1ccc(-n2nc(-c3ccco3)cc2NC(=O)N[C@@H](C)CO)cc1. The maximum atomic E-state index is 12.1. The first-order valence-corrected chi connectivity index (χ1v) is 7.96. The normalized spacial score (nSPS) is 12.0. The van der Waals surface area contributed by atoms with Crippen molar-refractivity contribution in [1.82, 2.24) is 15.1 Å². The van der Waals surface area contributed by atoms with Crippen LogP contribution in [0.1, 0.15) is 12.5 Å². The topological polar surface area (TPSA) is 92.3 Å². The number of carbonyl (C=O) groups excluding carboxylic acids is 1. The van der Waals surface area contributed by atoms with Gasteiger partial charge in [0.05, 0.1) is 24.6 Å². The molecule has 0 bridgehead atoms. The quantitative estimate of drug-likeness (QED) is 0.666. The van der Waals surface area contributed by atoms with Gasteiger partial charge in [0.2, 0.25) is 0 Å². The fourth-order valence-corrected chi connectivity index (χ4v) is 2.32. The highest BCUT2D eigenvalue weighted by Crippen LogP contribution is 2.25. The predicted molar refractivity (Wildman–Crippen MR) is 94.7 cm³/mol. The highest BCUT2D eigenvalue weighted by atomic mass is 16.3. The van der Waals surface area contributed by atoms with E-state index in [1.54, 1.807) is 36.1 Å². The molecule has 2 aromatic heterocycles. The summed E-state index contributed by atoms with van der Waals surface area (Å²) < 4.78 is 7.03. The van der Waals surface area contributed by atoms with E-state index in [2.05, 4.69) is 15.7 Å². The number of aryl methyl sites for hydroxylation is 1. The van der Waals surface area contributed by atoms with Gasteiger partial charge in [-0.1, -0.05) is 17.7 Å². The van der Waals surface area contributed by atoms with E-state index >= 15 is 0 Å². The summed E-state index contributed by atoms with van der Waals surface area (Å²) in [6.45, 7) is 3.58. The Balaban J connectivity index is 1.94. The molecule has 3 N–H and O–H groups in total. The number of carbonyl (C=O) groups is 1. The number of nitrogens with zero attached hydrogens (tertiary/aromatic N) is 2. The molecular weight excluding hydrogens is 320 g/mol. The second kappa shape index (κ2) is 7.23. The molecule has 0 aliphatic rings. The molecule has 2 heterocycles. The summed E-state index contributed by atoms with van der Waals surface area (Å²) in [6, 6.07) is 12.4. The minimum atomic E-state index is -0.416. The molecule has 0 fully saturated rings. The summed E-state index contributed by atoms with van der Waals surface area (Å²) in [5.41, 5.74) is 2.55. The van der Waals surface area contributed by atoms with E-state index in [4.69, 9.17) is 9.52 Å². The number of hydrogen-bond donors (Lipinski definition) is 3. The van der Waals surface area contributed by atoms with Crippen LogP contribution in [0.4, 0.5) is 10.6 Å². The molecule has 0 aliphatic carbocycles. The van der Waals surface area contributed by atoms with Gasteiger partial charge in [-0.2, -0.15) is 5.10 Å². The van der Waals surface area contributed by atoms with Crippen molar-refractivity contribution < 1.29 is 14.3 Å². The number of aromatic nitrogens is 2. The van der Waals surface area contributed by atoms with Gasteiger partial charge in [0, 0.05) is 6.07 Å². The minimum absolute atomic E-state index is 0.137. The van der Waals surface area contributed by atoms with E-state index in [9.17, 15) is 4.79 Å². The van der Waals surface area contributed by atoms with Gasteiger partial charge in [-0.05, 0) is 38.1 Å². The maximum absolute atomic E-state index is 12.1. The third kappa shape index (κ3) is 3.89. The van der Waals surface area contributed by atoms with E-state index in [1.807, 2.05) is 31.2 Å². The standard InChI is InChI=1S/C18H20N4O3/c1-12-5-7-14(8-6-12)22-17(20-18(24)19-13(2)11-23)10-15(21-22)16-4-3-9-25-16/h3-10,13,23H,11H2,1-2H3,(H2,19,20,24)/t13-/m0/s1. The van der Waals surface area contributed by atoms with E-state index in [1.165, 1.54) is 0 Å². The molecule has 0 saturated carbocycles. The van der Waals surface area contributed by atoms with Crippen LogP contribution in [0.3, 0.4) is 0 Å². The van der Waals surface area contributed by atoms with Gasteiger partial charge in [-0.15, -0.1) is 0 Å². The number of amides is 2. The van der Waals surface area contributed by atoms with Crippen LogP contribution in [0.25, 0.3) is 17.1 Å². The summed E-state index contributed by atoms with van der Waals surface area (Å²) in [7, 11) is 0. The Hall–Kier alpha value is -3.06. The van der Waals surface area contributed by atoms with Crippen molar-refractivity contribution in [2.24, 2.45) is 0 Å². The van der Waals surface area contributed by atoms with Crippen LogP contribution in [0.15, 0.2) is 53.1 Å². The first kappa shape index (κ1) is 16.8. The molecule has 7 nitrogen and oxygen atoms in total. The average Bonchev–Trinajstić information content (AvgIpc) is 3.25. The molecule has 7 heteroatoms. The van der Waals surface area contributed by atoms with Crippen LogP contribution in [-0.4, -0.2) is 33.6 Å². The van der Waals surface area contributed by atoms with Crippen LogP contribution in [0, 0.1) is 6.92 Å². The fraction of sp³-hybridized carbons (Fsp3) is 0.222. The molecule has 3 rings (SSSR count). The van der Waals surface area contributed by atoms with Crippen LogP contribution in [0.5, 0.6) is 0 Å². The lowest BCUT2D eigenvalue weighted by Crippen LogP contribution is -2.38. The Kier molecular flexibility index (Phi) is 4.85. The Morgan fingerprint density at radius 2 is 2.08 bits per heavy atom. The van der Waals surface area contributed by atoms with E-state index in [0.717, 1.165) is 11.3 Å². The maximum Gasteiger partial charge on any atom is 0.320 e. The van der Waals surface area contributed by atoms with Crippen LogP contribution in [-0.2, 0) is 0 Å². The molecule has 0 aliphatic heterocycles. The Morgan fingerprint density at radius 3 is 2.72 bits per heavy atom. The zero-order valence-corrected chi connectivity index (χ0v) is 14.1. The van der Waals surface area contributed by atoms with Crippen LogP contribution < -0.4 is 10.6 Å². The molecule has 1 atom stereocenters. The smallest absolute Gasteiger partial charge is 0.320 e. The minimum Gasteiger partial charge on any atom is -0.463 e. The molecule has 0 saturated heterocycles. The number of aliphatic hydroxyl groups is 1. The van der Waals surface area contributed by atoms with Crippen molar-refractivity contribution in [3.8, 4) is 17.1 Å². The highest BCUT2D eigenvalue weighted by Gasteiger charge is 2.16. The van der Waals surface area contributed by atoms with Crippen molar-refractivity contribution in [1.29, 1.82) is 0 Å². The van der Waals surface area contributed by atoms with Crippen molar-refractivity contribution in [3.05, 3.63) is 54.3 Å². The molecule has 0 spiro atoms. The molecule has 3 aromatic rings. The Morgan fingerprint density at radius 1 is 1.32 bits per heavy atom. The molecule has 0 unspecified atom stereocenters. The molecule has 1 aromatic carbocycles. The molecule has 25 heavy (non-hydrogen) atoms. The zero-order valence-electron chi connectivity index (χ0n) is 14.1. The monoisotopic (exact) mass is 340 g/mol. The van der Waals surface area contributed by atoms with Gasteiger partial charge in [0.1, 0.15) is 11.5 Å². The van der Waals surface area contributed by atoms with Crippen molar-refractivity contribution >= 4 is 11.8 Å². The first-order valence-electron chi connectivity index (χ1n) is 7.96. The molecular formula is C18H20N4O3. The number of anilines is 1. The number of nitrogens with one attached hydrogen (secondary N) is 2. The summed E-state index contributed by atoms with van der Waals surface area (Å²) in [5, 5.41) is 19.0. The molecule has 2 amide bonds. The van der Waals surface area contributed by atoms with Crippen molar-refractivity contribution in [3.63, 3.8) is 0 Å². The van der Waals surface area contributed by atoms with Gasteiger partial charge in [0.25, 0.3) is 0 Å². The van der Waals surface area contributed by atoms with Gasteiger partial charge in [-0.25, -0.2) is 9.48 Å².